The molecule has 2 rings (SSSR count). The minimum Gasteiger partial charge on any atom is -0.491 e. The summed E-state index contributed by atoms with van der Waals surface area (Å²) in [7, 11) is 0. The van der Waals surface area contributed by atoms with Crippen LogP contribution in [0, 0.1) is 0 Å². The van der Waals surface area contributed by atoms with Crippen molar-refractivity contribution in [3.63, 3.8) is 0 Å². The molecule has 2 aromatic rings. The molecule has 0 fully saturated rings. The van der Waals surface area contributed by atoms with Crippen LogP contribution < -0.4 is 4.74 Å². The molecule has 17 heavy (non-hydrogen) atoms. The van der Waals surface area contributed by atoms with Gasteiger partial charge in [0.25, 0.3) is 0 Å². The van der Waals surface area contributed by atoms with Gasteiger partial charge in [-0.25, -0.2) is 4.98 Å². The Labute approximate surface area is 105 Å². The summed E-state index contributed by atoms with van der Waals surface area (Å²) in [6.07, 6.45) is -0.644. The minimum absolute atomic E-state index is 0.0822. The lowest BCUT2D eigenvalue weighted by Gasteiger charge is -2.16. The van der Waals surface area contributed by atoms with E-state index in [9.17, 15) is 5.11 Å². The molecule has 1 N–H and O–H groups in total. The third kappa shape index (κ3) is 2.84. The molecule has 0 spiro atoms. The maximum atomic E-state index is 10.2. The van der Waals surface area contributed by atoms with Crippen molar-refractivity contribution in [2.24, 2.45) is 0 Å². The fourth-order valence-electron chi connectivity index (χ4n) is 1.58. The van der Waals surface area contributed by atoms with Crippen LogP contribution in [-0.2, 0) is 0 Å². The first-order valence-corrected chi connectivity index (χ1v) is 6.44. The molecule has 0 aliphatic carbocycles. The number of hydrogen-bond acceptors (Lipinski definition) is 4. The van der Waals surface area contributed by atoms with Crippen molar-refractivity contribution in [2.45, 2.75) is 26.1 Å². The summed E-state index contributed by atoms with van der Waals surface area (Å²) >= 11 is 1.47. The predicted molar refractivity (Wildman–Crippen MR) is 68.4 cm³/mol. The van der Waals surface area contributed by atoms with Crippen LogP contribution in [0.5, 0.6) is 5.75 Å². The van der Waals surface area contributed by atoms with Crippen LogP contribution in [0.25, 0.3) is 0 Å². The van der Waals surface area contributed by atoms with Gasteiger partial charge in [-0.3, -0.25) is 0 Å². The van der Waals surface area contributed by atoms with E-state index in [2.05, 4.69) is 4.98 Å². The smallest absolute Gasteiger partial charge is 0.125 e. The Morgan fingerprint density at radius 3 is 2.71 bits per heavy atom. The van der Waals surface area contributed by atoms with Crippen LogP contribution in [0.1, 0.15) is 31.2 Å². The zero-order chi connectivity index (χ0) is 12.3. The lowest BCUT2D eigenvalue weighted by Crippen LogP contribution is -2.10. The number of ether oxygens (including phenoxy) is 1. The number of aromatic nitrogens is 1. The molecule has 0 saturated heterocycles. The molecule has 4 heteroatoms. The third-order valence-electron chi connectivity index (χ3n) is 2.31. The Bertz CT molecular complexity index is 468. The highest BCUT2D eigenvalue weighted by Crippen LogP contribution is 2.30. The topological polar surface area (TPSA) is 42.4 Å². The second-order valence-corrected chi connectivity index (χ2v) is 4.74. The zero-order valence-corrected chi connectivity index (χ0v) is 10.6. The van der Waals surface area contributed by atoms with Gasteiger partial charge in [0.05, 0.1) is 17.3 Å². The summed E-state index contributed by atoms with van der Waals surface area (Å²) in [5.41, 5.74) is 3.13. The Kier molecular flexibility index (Phi) is 3.76. The van der Waals surface area contributed by atoms with E-state index in [1.165, 1.54) is 11.3 Å². The average molecular weight is 249 g/mol. The molecule has 0 saturated carbocycles. The van der Waals surface area contributed by atoms with Crippen molar-refractivity contribution in [3.8, 4) is 5.75 Å². The molecule has 3 nitrogen and oxygen atoms in total. The Morgan fingerprint density at radius 2 is 2.06 bits per heavy atom. The molecule has 0 amide bonds. The highest BCUT2D eigenvalue weighted by atomic mass is 32.1. The lowest BCUT2D eigenvalue weighted by atomic mass is 10.1. The van der Waals surface area contributed by atoms with Crippen molar-refractivity contribution in [2.75, 3.05) is 0 Å². The summed E-state index contributed by atoms with van der Waals surface area (Å²) in [6.45, 7) is 3.93. The summed E-state index contributed by atoms with van der Waals surface area (Å²) < 4.78 is 5.68. The van der Waals surface area contributed by atoms with Gasteiger partial charge in [0.2, 0.25) is 0 Å². The molecule has 90 valence electrons. The lowest BCUT2D eigenvalue weighted by molar-refractivity contribution is 0.195. The largest absolute Gasteiger partial charge is 0.491 e. The first-order valence-electron chi connectivity index (χ1n) is 5.50. The third-order valence-corrected chi connectivity index (χ3v) is 2.91. The molecule has 0 bridgehead atoms. The normalized spacial score (nSPS) is 12.7. The molecule has 1 aromatic heterocycles. The Hall–Kier alpha value is -1.39. The number of aliphatic hydroxyl groups is 1. The number of benzene rings is 1. The molecular formula is C13H15NO2S. The Morgan fingerprint density at radius 1 is 1.29 bits per heavy atom. The van der Waals surface area contributed by atoms with E-state index in [-0.39, 0.29) is 6.10 Å². The second kappa shape index (κ2) is 5.29. The second-order valence-electron chi connectivity index (χ2n) is 4.02. The highest BCUT2D eigenvalue weighted by Gasteiger charge is 2.17. The van der Waals surface area contributed by atoms with Crippen LogP contribution in [0.4, 0.5) is 0 Å². The fourth-order valence-corrected chi connectivity index (χ4v) is 2.16. The van der Waals surface area contributed by atoms with E-state index in [0.717, 1.165) is 5.56 Å². The maximum Gasteiger partial charge on any atom is 0.125 e. The molecule has 0 aliphatic rings. The molecule has 0 aliphatic heterocycles. The molecule has 1 aromatic carbocycles. The number of thiazole rings is 1. The van der Waals surface area contributed by atoms with Crippen molar-refractivity contribution < 1.29 is 9.84 Å². The van der Waals surface area contributed by atoms with Gasteiger partial charge >= 0.3 is 0 Å². The molecule has 1 unspecified atom stereocenters. The molecule has 1 heterocycles. The van der Waals surface area contributed by atoms with Crippen molar-refractivity contribution >= 4 is 11.3 Å². The van der Waals surface area contributed by atoms with E-state index in [4.69, 9.17) is 4.74 Å². The van der Waals surface area contributed by atoms with Gasteiger partial charge in [0.1, 0.15) is 11.9 Å². The Balaban J connectivity index is 2.31. The summed E-state index contributed by atoms with van der Waals surface area (Å²) in [5.74, 6) is 0.711. The van der Waals surface area contributed by atoms with Gasteiger partial charge in [0.15, 0.2) is 0 Å². The van der Waals surface area contributed by atoms with Crippen molar-refractivity contribution in [3.05, 3.63) is 46.4 Å². The van der Waals surface area contributed by atoms with Gasteiger partial charge in [-0.05, 0) is 19.9 Å². The van der Waals surface area contributed by atoms with E-state index in [0.29, 0.717) is 11.4 Å². The van der Waals surface area contributed by atoms with E-state index in [1.54, 1.807) is 5.51 Å². The summed E-state index contributed by atoms with van der Waals surface area (Å²) in [6, 6.07) is 7.51. The number of hydrogen-bond donors (Lipinski definition) is 1. The van der Waals surface area contributed by atoms with Crippen LogP contribution in [0.15, 0.2) is 35.2 Å². The van der Waals surface area contributed by atoms with Crippen LogP contribution in [-0.4, -0.2) is 16.2 Å². The minimum atomic E-state index is -0.726. The van der Waals surface area contributed by atoms with Gasteiger partial charge in [-0.15, -0.1) is 11.3 Å². The summed E-state index contributed by atoms with van der Waals surface area (Å²) in [5, 5.41) is 12.1. The molecule has 1 atom stereocenters. The van der Waals surface area contributed by atoms with Gasteiger partial charge in [-0.1, -0.05) is 18.2 Å². The van der Waals surface area contributed by atoms with Crippen LogP contribution in [0.2, 0.25) is 0 Å². The van der Waals surface area contributed by atoms with Crippen LogP contribution in [0.3, 0.4) is 0 Å². The van der Waals surface area contributed by atoms with Crippen LogP contribution >= 0.6 is 11.3 Å². The quantitative estimate of drug-likeness (QED) is 0.905. The number of para-hydroxylation sites is 1. The van der Waals surface area contributed by atoms with Gasteiger partial charge in [-0.2, -0.15) is 0 Å². The van der Waals surface area contributed by atoms with Crippen molar-refractivity contribution in [1.82, 2.24) is 4.98 Å². The first kappa shape index (κ1) is 12.1. The maximum absolute atomic E-state index is 10.2. The predicted octanol–water partition coefficient (Wildman–Crippen LogP) is 3.01. The number of nitrogens with zero attached hydrogens (tertiary/aromatic N) is 1. The van der Waals surface area contributed by atoms with Gasteiger partial charge < -0.3 is 9.84 Å². The highest BCUT2D eigenvalue weighted by molar-refractivity contribution is 7.07. The molecule has 0 radical (unpaired) electrons. The first-order chi connectivity index (χ1) is 8.18. The molecular weight excluding hydrogens is 234 g/mol. The van der Waals surface area contributed by atoms with Crippen molar-refractivity contribution in [1.29, 1.82) is 0 Å². The fraction of sp³-hybridized carbons (Fsp3) is 0.308. The average Bonchev–Trinajstić information content (AvgIpc) is 2.81. The summed E-state index contributed by atoms with van der Waals surface area (Å²) in [4.78, 5) is 4.13. The number of aliphatic hydroxyl groups excluding tert-OH is 1. The van der Waals surface area contributed by atoms with E-state index >= 15 is 0 Å². The van der Waals surface area contributed by atoms with E-state index in [1.807, 2.05) is 43.5 Å². The van der Waals surface area contributed by atoms with E-state index < -0.39 is 6.10 Å². The number of rotatable bonds is 4. The SMILES string of the molecule is CC(C)Oc1ccccc1C(O)c1cscn1. The zero-order valence-electron chi connectivity index (χ0n) is 9.83. The standard InChI is InChI=1S/C13H15NO2S/c1-9(2)16-12-6-4-3-5-10(12)13(15)11-7-17-8-14-11/h3-9,13,15H,1-2H3. The monoisotopic (exact) mass is 249 g/mol. The van der Waals surface area contributed by atoms with Gasteiger partial charge in [0, 0.05) is 10.9 Å².